The lowest BCUT2D eigenvalue weighted by Gasteiger charge is -2.06. The van der Waals surface area contributed by atoms with Crippen LogP contribution in [0.1, 0.15) is 19.8 Å². The van der Waals surface area contributed by atoms with Crippen molar-refractivity contribution in [1.29, 1.82) is 0 Å². The van der Waals surface area contributed by atoms with Crippen LogP contribution in [0.5, 0.6) is 0 Å². The first-order valence-electron chi connectivity index (χ1n) is 5.00. The van der Waals surface area contributed by atoms with Crippen molar-refractivity contribution < 1.29 is 17.9 Å². The van der Waals surface area contributed by atoms with Crippen LogP contribution < -0.4 is 0 Å². The third-order valence-electron chi connectivity index (χ3n) is 2.36. The Labute approximate surface area is 90.2 Å². The molecule has 4 nitrogen and oxygen atoms in total. The maximum Gasteiger partial charge on any atom is 0.306 e. The second-order valence-corrected chi connectivity index (χ2v) is 5.95. The Morgan fingerprint density at radius 3 is 2.80 bits per heavy atom. The van der Waals surface area contributed by atoms with Gasteiger partial charge >= 0.3 is 5.97 Å². The summed E-state index contributed by atoms with van der Waals surface area (Å²) in [6.45, 7) is 2.12. The van der Waals surface area contributed by atoms with Crippen molar-refractivity contribution in [3.8, 4) is 0 Å². The molecule has 0 radical (unpaired) electrons. The number of rotatable bonds is 4. The van der Waals surface area contributed by atoms with E-state index in [0.717, 1.165) is 0 Å². The van der Waals surface area contributed by atoms with Crippen LogP contribution in [-0.2, 0) is 19.4 Å². The van der Waals surface area contributed by atoms with Crippen molar-refractivity contribution in [2.45, 2.75) is 19.8 Å². The van der Waals surface area contributed by atoms with E-state index in [4.69, 9.17) is 4.74 Å². The van der Waals surface area contributed by atoms with Crippen LogP contribution in [0.3, 0.4) is 0 Å². The monoisotopic (exact) mass is 232 g/mol. The number of hydrogen-bond donors (Lipinski definition) is 0. The van der Waals surface area contributed by atoms with Crippen LogP contribution in [-0.4, -0.2) is 32.5 Å². The van der Waals surface area contributed by atoms with Gasteiger partial charge in [-0.15, -0.1) is 0 Å². The molecule has 1 saturated heterocycles. The lowest BCUT2D eigenvalue weighted by Crippen LogP contribution is -2.13. The van der Waals surface area contributed by atoms with Crippen molar-refractivity contribution in [3.63, 3.8) is 0 Å². The highest BCUT2D eigenvalue weighted by Crippen LogP contribution is 2.21. The van der Waals surface area contributed by atoms with Crippen LogP contribution in [0.2, 0.25) is 0 Å². The molecule has 0 aromatic carbocycles. The SMILES string of the molecule is C/C=C/COC(=O)C[C@@H]1CCS(=O)(=O)C1. The third kappa shape index (κ3) is 4.46. The van der Waals surface area contributed by atoms with Gasteiger partial charge in [0.05, 0.1) is 11.5 Å². The van der Waals surface area contributed by atoms with E-state index in [2.05, 4.69) is 0 Å². The molecule has 0 unspecified atom stereocenters. The van der Waals surface area contributed by atoms with E-state index in [1.165, 1.54) is 0 Å². The molecule has 0 saturated carbocycles. The van der Waals surface area contributed by atoms with Gasteiger partial charge in [-0.3, -0.25) is 4.79 Å². The molecule has 1 aliphatic heterocycles. The molecule has 1 heterocycles. The predicted molar refractivity (Wildman–Crippen MR) is 57.2 cm³/mol. The Hall–Kier alpha value is -0.840. The average Bonchev–Trinajstić information content (AvgIpc) is 2.46. The van der Waals surface area contributed by atoms with Crippen molar-refractivity contribution >= 4 is 15.8 Å². The van der Waals surface area contributed by atoms with E-state index in [1.54, 1.807) is 12.2 Å². The standard InChI is InChI=1S/C10H16O4S/c1-2-3-5-14-10(11)7-9-4-6-15(12,13)8-9/h2-3,9H,4-8H2,1H3/b3-2+/t9-/m0/s1. The Morgan fingerprint density at radius 1 is 1.53 bits per heavy atom. The summed E-state index contributed by atoms with van der Waals surface area (Å²) in [6, 6.07) is 0. The van der Waals surface area contributed by atoms with Crippen molar-refractivity contribution in [2.24, 2.45) is 5.92 Å². The minimum Gasteiger partial charge on any atom is -0.461 e. The van der Waals surface area contributed by atoms with E-state index >= 15 is 0 Å². The normalized spacial score (nSPS) is 24.5. The molecule has 0 bridgehead atoms. The Balaban J connectivity index is 2.28. The molecular formula is C10H16O4S. The minimum absolute atomic E-state index is 0.0480. The summed E-state index contributed by atoms with van der Waals surface area (Å²) in [5.41, 5.74) is 0. The number of hydrogen-bond acceptors (Lipinski definition) is 4. The summed E-state index contributed by atoms with van der Waals surface area (Å²) < 4.78 is 27.1. The fourth-order valence-corrected chi connectivity index (χ4v) is 3.43. The lowest BCUT2D eigenvalue weighted by molar-refractivity contribution is -0.143. The van der Waals surface area contributed by atoms with Crippen LogP contribution >= 0.6 is 0 Å². The number of esters is 1. The van der Waals surface area contributed by atoms with Crippen LogP contribution in [0.15, 0.2) is 12.2 Å². The topological polar surface area (TPSA) is 60.4 Å². The van der Waals surface area contributed by atoms with Crippen LogP contribution in [0.4, 0.5) is 0 Å². The van der Waals surface area contributed by atoms with E-state index in [9.17, 15) is 13.2 Å². The van der Waals surface area contributed by atoms with Crippen LogP contribution in [0.25, 0.3) is 0 Å². The molecule has 0 N–H and O–H groups in total. The largest absolute Gasteiger partial charge is 0.461 e. The van der Waals surface area contributed by atoms with Gasteiger partial charge in [0, 0.05) is 6.42 Å². The van der Waals surface area contributed by atoms with Gasteiger partial charge in [0.1, 0.15) is 6.61 Å². The first kappa shape index (κ1) is 12.2. The van der Waals surface area contributed by atoms with Gasteiger partial charge in [0.25, 0.3) is 0 Å². The van der Waals surface area contributed by atoms with Crippen LogP contribution in [0, 0.1) is 5.92 Å². The van der Waals surface area contributed by atoms with Gasteiger partial charge < -0.3 is 4.74 Å². The average molecular weight is 232 g/mol. The molecular weight excluding hydrogens is 216 g/mol. The maximum atomic E-state index is 11.2. The maximum absolute atomic E-state index is 11.2. The van der Waals surface area contributed by atoms with Crippen molar-refractivity contribution in [1.82, 2.24) is 0 Å². The number of ether oxygens (including phenoxy) is 1. The Kier molecular flexibility index (Phi) is 4.32. The molecule has 5 heteroatoms. The van der Waals surface area contributed by atoms with Crippen molar-refractivity contribution in [2.75, 3.05) is 18.1 Å². The number of sulfone groups is 1. The predicted octanol–water partition coefficient (Wildman–Crippen LogP) is 0.931. The number of carbonyl (C=O) groups excluding carboxylic acids is 1. The Bertz CT molecular complexity index is 342. The minimum atomic E-state index is -2.89. The van der Waals surface area contributed by atoms with Crippen molar-refractivity contribution in [3.05, 3.63) is 12.2 Å². The molecule has 0 aromatic rings. The van der Waals surface area contributed by atoms with Gasteiger partial charge in [-0.05, 0) is 19.3 Å². The highest BCUT2D eigenvalue weighted by molar-refractivity contribution is 7.91. The first-order valence-corrected chi connectivity index (χ1v) is 6.83. The molecule has 15 heavy (non-hydrogen) atoms. The second kappa shape index (κ2) is 5.30. The molecule has 0 aliphatic carbocycles. The smallest absolute Gasteiger partial charge is 0.306 e. The summed E-state index contributed by atoms with van der Waals surface area (Å²) >= 11 is 0. The summed E-state index contributed by atoms with van der Waals surface area (Å²) in [5.74, 6) is -0.0192. The van der Waals surface area contributed by atoms with Gasteiger partial charge in [-0.1, -0.05) is 12.2 Å². The summed E-state index contributed by atoms with van der Waals surface area (Å²) in [4.78, 5) is 11.2. The van der Waals surface area contributed by atoms with E-state index in [-0.39, 0.29) is 36.4 Å². The Morgan fingerprint density at radius 2 is 2.27 bits per heavy atom. The molecule has 1 aliphatic rings. The molecule has 0 aromatic heterocycles. The molecule has 86 valence electrons. The van der Waals surface area contributed by atoms with Gasteiger partial charge in [0.2, 0.25) is 0 Å². The van der Waals surface area contributed by atoms with E-state index in [0.29, 0.717) is 6.42 Å². The van der Waals surface area contributed by atoms with E-state index in [1.807, 2.05) is 6.92 Å². The van der Waals surface area contributed by atoms with Gasteiger partial charge in [-0.2, -0.15) is 0 Å². The highest BCUT2D eigenvalue weighted by Gasteiger charge is 2.29. The molecule has 1 atom stereocenters. The van der Waals surface area contributed by atoms with Gasteiger partial charge in [0.15, 0.2) is 9.84 Å². The number of carbonyl (C=O) groups is 1. The molecule has 0 spiro atoms. The quantitative estimate of drug-likeness (QED) is 0.534. The fraction of sp³-hybridized carbons (Fsp3) is 0.700. The summed E-state index contributed by atoms with van der Waals surface area (Å²) in [7, 11) is -2.89. The zero-order chi connectivity index (χ0) is 11.3. The lowest BCUT2D eigenvalue weighted by atomic mass is 10.1. The first-order chi connectivity index (χ1) is 7.03. The second-order valence-electron chi connectivity index (χ2n) is 3.73. The molecule has 1 fully saturated rings. The zero-order valence-corrected chi connectivity index (χ0v) is 9.63. The fourth-order valence-electron chi connectivity index (χ4n) is 1.56. The molecule has 0 amide bonds. The highest BCUT2D eigenvalue weighted by atomic mass is 32.2. The number of allylic oxidation sites excluding steroid dienone is 1. The van der Waals surface area contributed by atoms with Gasteiger partial charge in [-0.25, -0.2) is 8.42 Å². The third-order valence-corrected chi connectivity index (χ3v) is 4.20. The summed E-state index contributed by atoms with van der Waals surface area (Å²) in [5, 5.41) is 0. The zero-order valence-electron chi connectivity index (χ0n) is 8.81. The van der Waals surface area contributed by atoms with E-state index < -0.39 is 9.84 Å². The molecule has 1 rings (SSSR count). The summed E-state index contributed by atoms with van der Waals surface area (Å²) in [6.07, 6.45) is 4.34.